The normalized spacial score (nSPS) is 16.7. The molecule has 82 valence electrons. The Hall–Kier alpha value is -1.32. The van der Waals surface area contributed by atoms with Gasteiger partial charge < -0.3 is 9.52 Å². The average Bonchev–Trinajstić information content (AvgIpc) is 2.81. The maximum Gasteiger partial charge on any atom is 0.373 e. The number of carbonyl (C=O) groups is 1. The Morgan fingerprint density at radius 1 is 1.47 bits per heavy atom. The van der Waals surface area contributed by atoms with E-state index in [2.05, 4.69) is 4.98 Å². The topological polar surface area (TPSA) is 63.3 Å². The molecule has 15 heavy (non-hydrogen) atoms. The molecule has 0 aromatic carbocycles. The predicted molar refractivity (Wildman–Crippen MR) is 54.1 cm³/mol. The largest absolute Gasteiger partial charge is 0.475 e. The van der Waals surface area contributed by atoms with Gasteiger partial charge in [-0.15, -0.1) is 0 Å². The smallest absolute Gasteiger partial charge is 0.373 e. The molecule has 2 rings (SSSR count). The second-order valence-electron chi connectivity index (χ2n) is 5.06. The van der Waals surface area contributed by atoms with Crippen LogP contribution in [-0.4, -0.2) is 16.1 Å². The molecule has 1 aliphatic carbocycles. The zero-order chi connectivity index (χ0) is 11.2. The summed E-state index contributed by atoms with van der Waals surface area (Å²) < 4.78 is 5.33. The summed E-state index contributed by atoms with van der Waals surface area (Å²) in [5.41, 5.74) is 0.393. The highest BCUT2D eigenvalue weighted by Crippen LogP contribution is 2.42. The van der Waals surface area contributed by atoms with Crippen LogP contribution in [-0.2, 0) is 5.41 Å². The van der Waals surface area contributed by atoms with Crippen LogP contribution in [0.15, 0.2) is 4.42 Å². The fourth-order valence-corrected chi connectivity index (χ4v) is 1.44. The van der Waals surface area contributed by atoms with Crippen LogP contribution in [0.3, 0.4) is 0 Å². The number of nitrogens with zero attached hydrogens (tertiary/aromatic N) is 1. The van der Waals surface area contributed by atoms with Crippen LogP contribution < -0.4 is 0 Å². The number of aromatic carboxylic acids is 1. The van der Waals surface area contributed by atoms with Crippen LogP contribution in [0.5, 0.6) is 0 Å². The Bertz CT molecular complexity index is 396. The number of carboxylic acid groups (broad SMARTS) is 1. The van der Waals surface area contributed by atoms with Gasteiger partial charge in [-0.1, -0.05) is 20.8 Å². The molecule has 0 radical (unpaired) electrons. The van der Waals surface area contributed by atoms with Crippen molar-refractivity contribution in [1.29, 1.82) is 0 Å². The van der Waals surface area contributed by atoms with Crippen LogP contribution in [0, 0.1) is 0 Å². The summed E-state index contributed by atoms with van der Waals surface area (Å²) in [5, 5.41) is 8.99. The predicted octanol–water partition coefficient (Wildman–Crippen LogP) is 2.55. The number of rotatable bonds is 2. The van der Waals surface area contributed by atoms with E-state index in [1.54, 1.807) is 0 Å². The molecule has 0 spiro atoms. The zero-order valence-electron chi connectivity index (χ0n) is 9.20. The summed E-state index contributed by atoms with van der Waals surface area (Å²) in [5.74, 6) is -0.167. The number of hydrogen-bond acceptors (Lipinski definition) is 3. The van der Waals surface area contributed by atoms with Gasteiger partial charge in [0, 0.05) is 11.3 Å². The van der Waals surface area contributed by atoms with Crippen molar-refractivity contribution in [3.8, 4) is 0 Å². The molecule has 1 N–H and O–H groups in total. The number of hydrogen-bond donors (Lipinski definition) is 1. The first-order valence-electron chi connectivity index (χ1n) is 5.14. The fourth-order valence-electron chi connectivity index (χ4n) is 1.44. The number of carboxylic acids is 1. The molecule has 0 bridgehead atoms. The second kappa shape index (κ2) is 3.08. The Labute approximate surface area is 88.3 Å². The van der Waals surface area contributed by atoms with Crippen molar-refractivity contribution in [2.45, 2.75) is 44.9 Å². The highest BCUT2D eigenvalue weighted by molar-refractivity contribution is 5.86. The van der Waals surface area contributed by atoms with Gasteiger partial charge >= 0.3 is 5.97 Å². The van der Waals surface area contributed by atoms with Crippen molar-refractivity contribution in [1.82, 2.24) is 4.98 Å². The third kappa shape index (κ3) is 1.89. The van der Waals surface area contributed by atoms with Gasteiger partial charge in [-0.3, -0.25) is 0 Å². The first-order valence-corrected chi connectivity index (χ1v) is 5.14. The third-order valence-corrected chi connectivity index (χ3v) is 2.45. The molecule has 4 nitrogen and oxygen atoms in total. The van der Waals surface area contributed by atoms with E-state index in [0.717, 1.165) is 12.8 Å². The van der Waals surface area contributed by atoms with Gasteiger partial charge in [0.2, 0.25) is 11.7 Å². The van der Waals surface area contributed by atoms with Gasteiger partial charge in [-0.25, -0.2) is 9.78 Å². The van der Waals surface area contributed by atoms with Crippen LogP contribution in [0.2, 0.25) is 0 Å². The Kier molecular flexibility index (Phi) is 2.10. The van der Waals surface area contributed by atoms with Gasteiger partial charge in [0.25, 0.3) is 0 Å². The Morgan fingerprint density at radius 3 is 2.47 bits per heavy atom. The molecule has 1 saturated carbocycles. The molecule has 0 aliphatic heterocycles. The number of oxazole rings is 1. The van der Waals surface area contributed by atoms with Crippen LogP contribution in [0.1, 0.15) is 61.7 Å². The van der Waals surface area contributed by atoms with Gasteiger partial charge in [0.05, 0.1) is 5.69 Å². The van der Waals surface area contributed by atoms with Crippen molar-refractivity contribution >= 4 is 5.97 Å². The molecule has 0 amide bonds. The summed E-state index contributed by atoms with van der Waals surface area (Å²) in [6.45, 7) is 5.88. The summed E-state index contributed by atoms with van der Waals surface area (Å²) in [6.07, 6.45) is 2.05. The zero-order valence-corrected chi connectivity index (χ0v) is 9.20. The molecule has 1 aromatic rings. The molecular formula is C11H15NO3. The molecule has 0 unspecified atom stereocenters. The van der Waals surface area contributed by atoms with Crippen molar-refractivity contribution in [2.75, 3.05) is 0 Å². The first kappa shape index (κ1) is 10.2. The Balaban J connectivity index is 2.44. The number of aromatic nitrogens is 1. The van der Waals surface area contributed by atoms with Crippen molar-refractivity contribution in [2.24, 2.45) is 0 Å². The van der Waals surface area contributed by atoms with Crippen LogP contribution in [0.25, 0.3) is 0 Å². The summed E-state index contributed by atoms with van der Waals surface area (Å²) >= 11 is 0. The standard InChI is InChI=1S/C11H15NO3/c1-11(2,3)10-12-7(6-4-5-6)8(15-10)9(13)14/h6H,4-5H2,1-3H3,(H,13,14). The van der Waals surface area contributed by atoms with Crippen molar-refractivity contribution < 1.29 is 14.3 Å². The van der Waals surface area contributed by atoms with Crippen molar-refractivity contribution in [3.63, 3.8) is 0 Å². The fraction of sp³-hybridized carbons (Fsp3) is 0.636. The van der Waals surface area contributed by atoms with Gasteiger partial charge in [0.15, 0.2) is 0 Å². The van der Waals surface area contributed by atoms with E-state index in [-0.39, 0.29) is 11.2 Å². The molecule has 1 heterocycles. The van der Waals surface area contributed by atoms with Crippen LogP contribution in [0.4, 0.5) is 0 Å². The Morgan fingerprint density at radius 2 is 2.07 bits per heavy atom. The maximum atomic E-state index is 11.0. The molecule has 1 aromatic heterocycles. The quantitative estimate of drug-likeness (QED) is 0.813. The lowest BCUT2D eigenvalue weighted by Crippen LogP contribution is -2.11. The monoisotopic (exact) mass is 209 g/mol. The van der Waals surface area contributed by atoms with Crippen LogP contribution >= 0.6 is 0 Å². The van der Waals surface area contributed by atoms with E-state index in [1.165, 1.54) is 0 Å². The molecule has 1 fully saturated rings. The minimum absolute atomic E-state index is 0.0300. The van der Waals surface area contributed by atoms with E-state index in [0.29, 0.717) is 17.5 Å². The first-order chi connectivity index (χ1) is 6.89. The lowest BCUT2D eigenvalue weighted by Gasteiger charge is -2.11. The molecule has 0 saturated heterocycles. The average molecular weight is 209 g/mol. The molecule has 4 heteroatoms. The van der Waals surface area contributed by atoms with Crippen molar-refractivity contribution in [3.05, 3.63) is 17.3 Å². The molecular weight excluding hydrogens is 194 g/mol. The van der Waals surface area contributed by atoms with E-state index < -0.39 is 5.97 Å². The van der Waals surface area contributed by atoms with E-state index >= 15 is 0 Å². The summed E-state index contributed by atoms with van der Waals surface area (Å²) in [6, 6.07) is 0. The SMILES string of the molecule is CC(C)(C)c1nc(C2CC2)c(C(=O)O)o1. The minimum atomic E-state index is -1.01. The second-order valence-corrected chi connectivity index (χ2v) is 5.06. The van der Waals surface area contributed by atoms with Gasteiger partial charge in [-0.2, -0.15) is 0 Å². The summed E-state index contributed by atoms with van der Waals surface area (Å²) in [4.78, 5) is 15.3. The minimum Gasteiger partial charge on any atom is -0.475 e. The van der Waals surface area contributed by atoms with E-state index in [4.69, 9.17) is 9.52 Å². The van der Waals surface area contributed by atoms with E-state index in [1.807, 2.05) is 20.8 Å². The van der Waals surface area contributed by atoms with E-state index in [9.17, 15) is 4.79 Å². The third-order valence-electron chi connectivity index (χ3n) is 2.45. The lowest BCUT2D eigenvalue weighted by molar-refractivity contribution is 0.0657. The lowest BCUT2D eigenvalue weighted by atomic mass is 9.97. The van der Waals surface area contributed by atoms with Gasteiger partial charge in [0.1, 0.15) is 0 Å². The molecule has 1 aliphatic rings. The maximum absolute atomic E-state index is 11.0. The van der Waals surface area contributed by atoms with Gasteiger partial charge in [-0.05, 0) is 12.8 Å². The highest BCUT2D eigenvalue weighted by Gasteiger charge is 2.35. The summed E-state index contributed by atoms with van der Waals surface area (Å²) in [7, 11) is 0. The molecule has 0 atom stereocenters. The highest BCUT2D eigenvalue weighted by atomic mass is 16.4.